The largest absolute Gasteiger partial charge is 0.417 e. The lowest BCUT2D eigenvalue weighted by Gasteiger charge is -2.42. The summed E-state index contributed by atoms with van der Waals surface area (Å²) in [7, 11) is 0. The molecule has 28 heavy (non-hydrogen) atoms. The Hall–Kier alpha value is -2.10. The molecular weight excluding hydrogens is 377 g/mol. The number of imidazole rings is 1. The molecule has 2 aliphatic rings. The fourth-order valence-corrected chi connectivity index (χ4v) is 4.04. The summed E-state index contributed by atoms with van der Waals surface area (Å²) < 4.78 is 42.0. The Morgan fingerprint density at radius 2 is 1.89 bits per heavy atom. The molecule has 0 atom stereocenters. The summed E-state index contributed by atoms with van der Waals surface area (Å²) in [5, 5.41) is 9.88. The van der Waals surface area contributed by atoms with E-state index in [0.29, 0.717) is 18.0 Å². The van der Waals surface area contributed by atoms with E-state index in [1.807, 2.05) is 0 Å². The number of H-pyrrole nitrogens is 1. The Kier molecular flexibility index (Phi) is 4.26. The summed E-state index contributed by atoms with van der Waals surface area (Å²) >= 11 is 0. The highest BCUT2D eigenvalue weighted by molar-refractivity contribution is 5.69. The first kappa shape index (κ1) is 19.2. The summed E-state index contributed by atoms with van der Waals surface area (Å²) in [4.78, 5) is 32.1. The van der Waals surface area contributed by atoms with Gasteiger partial charge in [-0.3, -0.25) is 14.3 Å². The first-order valence-corrected chi connectivity index (χ1v) is 9.48. The summed E-state index contributed by atoms with van der Waals surface area (Å²) in [6.07, 6.45) is -1.71. The van der Waals surface area contributed by atoms with Crippen molar-refractivity contribution in [1.82, 2.24) is 19.1 Å². The zero-order valence-corrected chi connectivity index (χ0v) is 15.6. The topological polar surface area (TPSA) is 92.9 Å². The number of nitrogens with one attached hydrogen (secondary N) is 1. The minimum atomic E-state index is -4.68. The maximum atomic E-state index is 13.1. The molecular formula is C18H23F3N4O3. The molecule has 0 radical (unpaired) electrons. The van der Waals surface area contributed by atoms with Gasteiger partial charge < -0.3 is 9.67 Å². The summed E-state index contributed by atoms with van der Waals surface area (Å²) in [6.45, 7) is 2.41. The van der Waals surface area contributed by atoms with Crippen LogP contribution < -0.4 is 11.2 Å². The van der Waals surface area contributed by atoms with Gasteiger partial charge in [-0.15, -0.1) is 0 Å². The van der Waals surface area contributed by atoms with Gasteiger partial charge in [0.15, 0.2) is 16.8 Å². The molecule has 4 rings (SSSR count). The number of rotatable bonds is 4. The molecule has 2 aromatic rings. The van der Waals surface area contributed by atoms with Gasteiger partial charge in [0.1, 0.15) is 0 Å². The third kappa shape index (κ3) is 3.27. The molecule has 2 aromatic heterocycles. The average Bonchev–Trinajstić information content (AvgIpc) is 3.33. The summed E-state index contributed by atoms with van der Waals surface area (Å²) in [6, 6.07) is 0. The third-order valence-electron chi connectivity index (χ3n) is 6.26. The van der Waals surface area contributed by atoms with E-state index < -0.39 is 41.3 Å². The molecule has 2 N–H and O–H groups in total. The van der Waals surface area contributed by atoms with Gasteiger partial charge in [0, 0.05) is 13.1 Å². The Bertz CT molecular complexity index is 1010. The lowest BCUT2D eigenvalue weighted by atomic mass is 9.69. The monoisotopic (exact) mass is 400 g/mol. The molecule has 0 aliphatic heterocycles. The zero-order valence-electron chi connectivity index (χ0n) is 15.6. The first-order chi connectivity index (χ1) is 13.0. The molecule has 2 fully saturated rings. The number of hydrogen-bond donors (Lipinski definition) is 2. The summed E-state index contributed by atoms with van der Waals surface area (Å²) in [5.41, 5.74) is -3.94. The van der Waals surface area contributed by atoms with Gasteiger partial charge in [0.05, 0.1) is 6.33 Å². The van der Waals surface area contributed by atoms with E-state index in [1.54, 1.807) is 11.5 Å². The highest BCUT2D eigenvalue weighted by Gasteiger charge is 2.56. The number of halogens is 3. The van der Waals surface area contributed by atoms with E-state index in [9.17, 15) is 27.9 Å². The molecule has 2 aliphatic carbocycles. The first-order valence-electron chi connectivity index (χ1n) is 9.48. The van der Waals surface area contributed by atoms with Crippen LogP contribution in [0.25, 0.3) is 11.2 Å². The fourth-order valence-electron chi connectivity index (χ4n) is 4.04. The van der Waals surface area contributed by atoms with Gasteiger partial charge in [-0.2, -0.15) is 13.2 Å². The molecule has 2 heterocycles. The number of nitrogens with zero attached hydrogens (tertiary/aromatic N) is 3. The lowest BCUT2D eigenvalue weighted by Crippen LogP contribution is -2.51. The number of hydrogen-bond acceptors (Lipinski definition) is 4. The molecule has 0 spiro atoms. The van der Waals surface area contributed by atoms with Gasteiger partial charge in [0.25, 0.3) is 5.56 Å². The van der Waals surface area contributed by atoms with Gasteiger partial charge in [-0.05, 0) is 49.9 Å². The van der Waals surface area contributed by atoms with Gasteiger partial charge >= 0.3 is 11.9 Å². The van der Waals surface area contributed by atoms with Crippen LogP contribution in [0.4, 0.5) is 13.2 Å². The van der Waals surface area contributed by atoms with Crippen LogP contribution in [-0.4, -0.2) is 36.0 Å². The molecule has 154 valence electrons. The zero-order chi connectivity index (χ0) is 20.3. The Labute approximate surface area is 158 Å². The van der Waals surface area contributed by atoms with E-state index in [1.165, 1.54) is 6.33 Å². The van der Waals surface area contributed by atoms with E-state index in [-0.39, 0.29) is 25.0 Å². The molecule has 7 nitrogen and oxygen atoms in total. The van der Waals surface area contributed by atoms with Crippen molar-refractivity contribution >= 4 is 11.2 Å². The Morgan fingerprint density at radius 1 is 1.25 bits per heavy atom. The van der Waals surface area contributed by atoms with Crippen LogP contribution in [0.1, 0.15) is 45.4 Å². The third-order valence-corrected chi connectivity index (χ3v) is 6.26. The second kappa shape index (κ2) is 6.20. The van der Waals surface area contributed by atoms with Crippen molar-refractivity contribution in [2.75, 3.05) is 0 Å². The van der Waals surface area contributed by atoms with Crippen molar-refractivity contribution in [3.63, 3.8) is 0 Å². The fraction of sp³-hybridized carbons (Fsp3) is 0.722. The van der Waals surface area contributed by atoms with Crippen LogP contribution >= 0.6 is 0 Å². The predicted molar refractivity (Wildman–Crippen MR) is 94.9 cm³/mol. The van der Waals surface area contributed by atoms with Crippen LogP contribution in [0.2, 0.25) is 0 Å². The van der Waals surface area contributed by atoms with Crippen molar-refractivity contribution in [3.05, 3.63) is 27.2 Å². The molecule has 0 saturated heterocycles. The van der Waals surface area contributed by atoms with E-state index in [0.717, 1.165) is 17.4 Å². The van der Waals surface area contributed by atoms with E-state index in [2.05, 4.69) is 9.97 Å². The second-order valence-corrected chi connectivity index (χ2v) is 8.70. The standard InChI is InChI=1S/C18H23F3N4O3/c1-16(4-6-17(28,7-5-16)18(19,20)21)9-25-14(26)12-13(23-15(25)27)22-10-24(12)8-11-2-3-11/h10-11,28H,2-9H2,1H3,(H,23,27). The number of fused-ring (bicyclic) bond motifs is 1. The maximum Gasteiger partial charge on any atom is 0.417 e. The molecule has 0 unspecified atom stereocenters. The van der Waals surface area contributed by atoms with Crippen LogP contribution in [-0.2, 0) is 13.1 Å². The molecule has 0 bridgehead atoms. The Balaban J connectivity index is 1.63. The normalized spacial score (nSPS) is 28.8. The molecule has 10 heteroatoms. The van der Waals surface area contributed by atoms with E-state index >= 15 is 0 Å². The SMILES string of the molecule is CC1(Cn2c(=O)[nH]c3ncn(CC4CC4)c3c2=O)CCC(O)(C(F)(F)F)CC1. The molecule has 0 amide bonds. The van der Waals surface area contributed by atoms with Gasteiger partial charge in [-0.1, -0.05) is 6.92 Å². The number of aliphatic hydroxyl groups is 1. The van der Waals surface area contributed by atoms with Gasteiger partial charge in [-0.25, -0.2) is 9.78 Å². The lowest BCUT2D eigenvalue weighted by molar-refractivity contribution is -0.275. The minimum absolute atomic E-state index is 0.000345. The summed E-state index contributed by atoms with van der Waals surface area (Å²) in [5.74, 6) is 0.507. The van der Waals surface area contributed by atoms with Crippen molar-refractivity contribution in [2.45, 2.75) is 70.3 Å². The molecule has 2 saturated carbocycles. The number of aromatic amines is 1. The van der Waals surface area contributed by atoms with Crippen molar-refractivity contribution in [2.24, 2.45) is 11.3 Å². The molecule has 0 aromatic carbocycles. The van der Waals surface area contributed by atoms with Gasteiger partial charge in [0.2, 0.25) is 0 Å². The van der Waals surface area contributed by atoms with Crippen molar-refractivity contribution < 1.29 is 18.3 Å². The Morgan fingerprint density at radius 3 is 2.46 bits per heavy atom. The minimum Gasteiger partial charge on any atom is -0.380 e. The van der Waals surface area contributed by atoms with Crippen LogP contribution in [0.15, 0.2) is 15.9 Å². The number of alkyl halides is 3. The van der Waals surface area contributed by atoms with Crippen molar-refractivity contribution in [3.8, 4) is 0 Å². The van der Waals surface area contributed by atoms with Crippen LogP contribution in [0.3, 0.4) is 0 Å². The maximum absolute atomic E-state index is 13.1. The van der Waals surface area contributed by atoms with Crippen molar-refractivity contribution in [1.29, 1.82) is 0 Å². The number of aromatic nitrogens is 4. The smallest absolute Gasteiger partial charge is 0.380 e. The van der Waals surface area contributed by atoms with E-state index in [4.69, 9.17) is 0 Å². The highest BCUT2D eigenvalue weighted by atomic mass is 19.4. The average molecular weight is 400 g/mol. The highest BCUT2D eigenvalue weighted by Crippen LogP contribution is 2.48. The van der Waals surface area contributed by atoms with Crippen LogP contribution in [0.5, 0.6) is 0 Å². The second-order valence-electron chi connectivity index (χ2n) is 8.70. The quantitative estimate of drug-likeness (QED) is 0.823. The van der Waals surface area contributed by atoms with Crippen LogP contribution in [0, 0.1) is 11.3 Å². The predicted octanol–water partition coefficient (Wildman–Crippen LogP) is 2.17.